The molecule has 1 aromatic heterocycles. The van der Waals surface area contributed by atoms with E-state index < -0.39 is 0 Å². The fraction of sp³-hybridized carbons (Fsp3) is 0.500. The number of benzene rings is 1. The Morgan fingerprint density at radius 2 is 1.54 bits per heavy atom. The number of rotatable bonds is 4. The Bertz CT molecular complexity index is 850. The van der Waals surface area contributed by atoms with Gasteiger partial charge in [-0.25, -0.2) is 4.68 Å². The summed E-state index contributed by atoms with van der Waals surface area (Å²) in [6, 6.07) is 8.80. The highest BCUT2D eigenvalue weighted by Gasteiger charge is 2.26. The van der Waals surface area contributed by atoms with Crippen LogP contribution in [0.1, 0.15) is 71.4 Å². The predicted molar refractivity (Wildman–Crippen MR) is 114 cm³/mol. The maximum absolute atomic E-state index is 12.8. The number of anilines is 2. The molecule has 0 radical (unpaired) electrons. The van der Waals surface area contributed by atoms with Crippen molar-refractivity contribution in [3.05, 3.63) is 41.6 Å². The lowest BCUT2D eigenvalue weighted by atomic mass is 9.92. The van der Waals surface area contributed by atoms with Crippen molar-refractivity contribution in [3.63, 3.8) is 0 Å². The van der Waals surface area contributed by atoms with Gasteiger partial charge in [0, 0.05) is 28.7 Å². The van der Waals surface area contributed by atoms with Crippen LogP contribution in [-0.4, -0.2) is 21.6 Å². The number of nitrogens with one attached hydrogen (secondary N) is 2. The van der Waals surface area contributed by atoms with Gasteiger partial charge in [0.1, 0.15) is 5.82 Å². The highest BCUT2D eigenvalue weighted by Crippen LogP contribution is 2.28. The minimum Gasteiger partial charge on any atom is -0.326 e. The Kier molecular flexibility index (Phi) is 6.02. The molecular weight excluding hydrogens is 352 g/mol. The van der Waals surface area contributed by atoms with Gasteiger partial charge in [-0.05, 0) is 45.0 Å². The minimum atomic E-state index is -0.267. The SMILES string of the molecule is CC(C)C(=O)Nc1ccc(C(=O)Nc2cc(C(C)(C)C)nn2C(C)(C)C)cc1. The lowest BCUT2D eigenvalue weighted by molar-refractivity contribution is -0.118. The number of hydrogen-bond acceptors (Lipinski definition) is 3. The molecule has 0 unspecified atom stereocenters. The van der Waals surface area contributed by atoms with Crippen LogP contribution in [0.25, 0.3) is 0 Å². The van der Waals surface area contributed by atoms with Crippen molar-refractivity contribution in [1.29, 1.82) is 0 Å². The van der Waals surface area contributed by atoms with E-state index in [1.54, 1.807) is 24.3 Å². The first-order valence-corrected chi connectivity index (χ1v) is 9.62. The minimum absolute atomic E-state index is 0.0546. The fourth-order valence-corrected chi connectivity index (χ4v) is 2.53. The second-order valence-corrected chi connectivity index (χ2v) is 9.42. The van der Waals surface area contributed by atoms with Crippen molar-refractivity contribution < 1.29 is 9.59 Å². The summed E-state index contributed by atoms with van der Waals surface area (Å²) in [5.74, 6) is 0.297. The Balaban J connectivity index is 2.23. The molecule has 0 atom stereocenters. The fourth-order valence-electron chi connectivity index (χ4n) is 2.53. The smallest absolute Gasteiger partial charge is 0.256 e. The summed E-state index contributed by atoms with van der Waals surface area (Å²) in [5.41, 5.74) is 1.72. The van der Waals surface area contributed by atoms with Crippen molar-refractivity contribution in [1.82, 2.24) is 9.78 Å². The normalized spacial score (nSPS) is 12.2. The average Bonchev–Trinajstić information content (AvgIpc) is 2.99. The van der Waals surface area contributed by atoms with E-state index in [2.05, 4.69) is 31.4 Å². The molecule has 0 saturated carbocycles. The summed E-state index contributed by atoms with van der Waals surface area (Å²) >= 11 is 0. The molecule has 28 heavy (non-hydrogen) atoms. The zero-order chi connectivity index (χ0) is 21.3. The highest BCUT2D eigenvalue weighted by atomic mass is 16.2. The molecule has 2 aromatic rings. The first kappa shape index (κ1) is 21.7. The molecular formula is C22H32N4O2. The van der Waals surface area contributed by atoms with Crippen LogP contribution < -0.4 is 10.6 Å². The molecule has 0 bridgehead atoms. The average molecular weight is 385 g/mol. The van der Waals surface area contributed by atoms with Gasteiger partial charge < -0.3 is 10.6 Å². The van der Waals surface area contributed by atoms with Gasteiger partial charge in [0.05, 0.1) is 11.2 Å². The van der Waals surface area contributed by atoms with Crippen molar-refractivity contribution in [2.75, 3.05) is 10.6 Å². The van der Waals surface area contributed by atoms with E-state index in [-0.39, 0.29) is 28.7 Å². The summed E-state index contributed by atoms with van der Waals surface area (Å²) in [6.45, 7) is 16.1. The standard InChI is InChI=1S/C22H32N4O2/c1-14(2)19(27)23-16-11-9-15(10-12-16)20(28)24-18-13-17(21(3,4)5)25-26(18)22(6,7)8/h9-14H,1-8H3,(H,23,27)(H,24,28). The van der Waals surface area contributed by atoms with E-state index in [9.17, 15) is 9.59 Å². The van der Waals surface area contributed by atoms with E-state index in [4.69, 9.17) is 5.10 Å². The Labute approximate surface area is 167 Å². The molecule has 2 N–H and O–H groups in total. The molecule has 0 aliphatic heterocycles. The molecule has 0 saturated heterocycles. The number of hydrogen-bond donors (Lipinski definition) is 2. The lowest BCUT2D eigenvalue weighted by Gasteiger charge is -2.23. The second-order valence-electron chi connectivity index (χ2n) is 9.42. The van der Waals surface area contributed by atoms with Gasteiger partial charge in [-0.1, -0.05) is 34.6 Å². The van der Waals surface area contributed by atoms with Crippen LogP contribution in [0.5, 0.6) is 0 Å². The Morgan fingerprint density at radius 1 is 0.964 bits per heavy atom. The lowest BCUT2D eigenvalue weighted by Crippen LogP contribution is -2.27. The Morgan fingerprint density at radius 3 is 2.00 bits per heavy atom. The number of carbonyl (C=O) groups is 2. The van der Waals surface area contributed by atoms with E-state index >= 15 is 0 Å². The first-order valence-electron chi connectivity index (χ1n) is 9.62. The van der Waals surface area contributed by atoms with Gasteiger partial charge in [0.15, 0.2) is 0 Å². The molecule has 0 aliphatic rings. The van der Waals surface area contributed by atoms with Crippen LogP contribution in [0.4, 0.5) is 11.5 Å². The van der Waals surface area contributed by atoms with Gasteiger partial charge in [-0.3, -0.25) is 9.59 Å². The number of amides is 2. The molecule has 2 amide bonds. The molecule has 1 aromatic carbocycles. The summed E-state index contributed by atoms with van der Waals surface area (Å²) in [7, 11) is 0. The third-order valence-corrected chi connectivity index (χ3v) is 4.29. The van der Waals surface area contributed by atoms with E-state index in [0.29, 0.717) is 17.1 Å². The zero-order valence-electron chi connectivity index (χ0n) is 18.2. The number of nitrogens with zero attached hydrogens (tertiary/aromatic N) is 2. The maximum Gasteiger partial charge on any atom is 0.256 e. The Hall–Kier alpha value is -2.63. The van der Waals surface area contributed by atoms with Gasteiger partial charge in [-0.2, -0.15) is 5.10 Å². The van der Waals surface area contributed by atoms with Crippen molar-refractivity contribution in [2.45, 2.75) is 66.3 Å². The van der Waals surface area contributed by atoms with Crippen LogP contribution in [0.3, 0.4) is 0 Å². The van der Waals surface area contributed by atoms with Gasteiger partial charge in [0.2, 0.25) is 5.91 Å². The molecule has 2 rings (SSSR count). The molecule has 0 aliphatic carbocycles. The summed E-state index contributed by atoms with van der Waals surface area (Å²) < 4.78 is 1.85. The van der Waals surface area contributed by atoms with Crippen molar-refractivity contribution in [3.8, 4) is 0 Å². The maximum atomic E-state index is 12.8. The highest BCUT2D eigenvalue weighted by molar-refractivity contribution is 6.04. The van der Waals surface area contributed by atoms with Crippen LogP contribution in [-0.2, 0) is 15.7 Å². The molecule has 1 heterocycles. The monoisotopic (exact) mass is 384 g/mol. The summed E-state index contributed by atoms with van der Waals surface area (Å²) in [6.07, 6.45) is 0. The van der Waals surface area contributed by atoms with Crippen LogP contribution in [0, 0.1) is 5.92 Å². The van der Waals surface area contributed by atoms with E-state index in [1.807, 2.05) is 45.4 Å². The van der Waals surface area contributed by atoms with Crippen LogP contribution in [0.2, 0.25) is 0 Å². The number of aromatic nitrogens is 2. The second kappa shape index (κ2) is 7.78. The van der Waals surface area contributed by atoms with E-state index in [1.165, 1.54) is 0 Å². The van der Waals surface area contributed by atoms with Crippen LogP contribution in [0.15, 0.2) is 30.3 Å². The molecule has 0 fully saturated rings. The largest absolute Gasteiger partial charge is 0.326 e. The van der Waals surface area contributed by atoms with Gasteiger partial charge in [0.25, 0.3) is 5.91 Å². The zero-order valence-corrected chi connectivity index (χ0v) is 18.2. The van der Waals surface area contributed by atoms with Gasteiger partial charge in [-0.15, -0.1) is 0 Å². The van der Waals surface area contributed by atoms with Crippen molar-refractivity contribution in [2.24, 2.45) is 5.92 Å². The molecule has 6 heteroatoms. The topological polar surface area (TPSA) is 76.0 Å². The summed E-state index contributed by atoms with van der Waals surface area (Å²) in [4.78, 5) is 24.5. The molecule has 0 spiro atoms. The van der Waals surface area contributed by atoms with Crippen molar-refractivity contribution >= 4 is 23.3 Å². The van der Waals surface area contributed by atoms with Crippen LogP contribution >= 0.6 is 0 Å². The van der Waals surface area contributed by atoms with E-state index in [0.717, 1.165) is 5.69 Å². The third kappa shape index (κ3) is 5.21. The predicted octanol–water partition coefficient (Wildman–Crippen LogP) is 4.78. The first-order chi connectivity index (χ1) is 12.8. The quantitative estimate of drug-likeness (QED) is 0.796. The van der Waals surface area contributed by atoms with Gasteiger partial charge >= 0.3 is 0 Å². The molecule has 152 valence electrons. The molecule has 6 nitrogen and oxygen atoms in total. The third-order valence-electron chi connectivity index (χ3n) is 4.29. The summed E-state index contributed by atoms with van der Waals surface area (Å²) in [5, 5.41) is 10.5. The number of carbonyl (C=O) groups excluding carboxylic acids is 2.